The van der Waals surface area contributed by atoms with Crippen LogP contribution in [0.5, 0.6) is 11.5 Å². The highest BCUT2D eigenvalue weighted by molar-refractivity contribution is 7.89. The third-order valence-electron chi connectivity index (χ3n) is 4.39. The van der Waals surface area contributed by atoms with Gasteiger partial charge in [-0.15, -0.1) is 0 Å². The fourth-order valence-electron chi connectivity index (χ4n) is 2.82. The average molecular weight is 460 g/mol. The highest BCUT2D eigenvalue weighted by atomic mass is 32.2. The van der Waals surface area contributed by atoms with E-state index in [1.54, 1.807) is 18.2 Å². The summed E-state index contributed by atoms with van der Waals surface area (Å²) in [5, 5.41) is 2.55. The van der Waals surface area contributed by atoms with Gasteiger partial charge in [0.1, 0.15) is 11.5 Å². The Morgan fingerprint density at radius 3 is 2.39 bits per heavy atom. The minimum atomic E-state index is -4.85. The molecule has 0 aromatic heterocycles. The molecule has 1 amide bonds. The average Bonchev–Trinajstić information content (AvgIpc) is 2.72. The lowest BCUT2D eigenvalue weighted by molar-refractivity contribution is -0.139. The van der Waals surface area contributed by atoms with E-state index < -0.39 is 38.6 Å². The van der Waals surface area contributed by atoms with E-state index in [0.29, 0.717) is 24.0 Å². The third-order valence-corrected chi connectivity index (χ3v) is 5.99. The summed E-state index contributed by atoms with van der Waals surface area (Å²) in [6, 6.07) is 7.67. The molecule has 31 heavy (non-hydrogen) atoms. The summed E-state index contributed by atoms with van der Waals surface area (Å²) < 4.78 is 76.6. The molecule has 0 unspecified atom stereocenters. The molecule has 0 heterocycles. The van der Waals surface area contributed by atoms with Crippen molar-refractivity contribution in [2.45, 2.75) is 30.5 Å². The lowest BCUT2D eigenvalue weighted by Crippen LogP contribution is -2.45. The van der Waals surface area contributed by atoms with Crippen LogP contribution in [0.15, 0.2) is 47.4 Å². The first-order chi connectivity index (χ1) is 14.5. The van der Waals surface area contributed by atoms with Crippen LogP contribution in [0.3, 0.4) is 0 Å². The Labute approximate surface area is 178 Å². The number of halogens is 3. The molecule has 2 aromatic rings. The van der Waals surface area contributed by atoms with Crippen molar-refractivity contribution in [1.29, 1.82) is 0 Å². The minimum absolute atomic E-state index is 0.159. The largest absolute Gasteiger partial charge is 0.497 e. The predicted octanol–water partition coefficient (Wildman–Crippen LogP) is 2.75. The Hall–Kier alpha value is -2.79. The summed E-state index contributed by atoms with van der Waals surface area (Å²) >= 11 is 0. The smallest absolute Gasteiger partial charge is 0.417 e. The van der Waals surface area contributed by atoms with E-state index in [0.717, 1.165) is 17.7 Å². The molecular formula is C20H23F3N2O5S. The highest BCUT2D eigenvalue weighted by Crippen LogP contribution is 2.33. The predicted molar refractivity (Wildman–Crippen MR) is 107 cm³/mol. The number of methoxy groups -OCH3 is 2. The van der Waals surface area contributed by atoms with Crippen LogP contribution in [0, 0.1) is 0 Å². The van der Waals surface area contributed by atoms with E-state index in [1.165, 1.54) is 27.2 Å². The van der Waals surface area contributed by atoms with Gasteiger partial charge in [-0.25, -0.2) is 8.42 Å². The molecule has 0 saturated heterocycles. The lowest BCUT2D eigenvalue weighted by atomic mass is 10.1. The van der Waals surface area contributed by atoms with Crippen LogP contribution >= 0.6 is 0 Å². The molecule has 0 aliphatic rings. The Bertz CT molecular complexity index is 1030. The molecule has 2 N–H and O–H groups in total. The van der Waals surface area contributed by atoms with Crippen LogP contribution in [-0.4, -0.2) is 41.1 Å². The van der Waals surface area contributed by atoms with Crippen molar-refractivity contribution >= 4 is 15.9 Å². The van der Waals surface area contributed by atoms with Gasteiger partial charge in [-0.1, -0.05) is 18.2 Å². The maximum absolute atomic E-state index is 13.1. The summed E-state index contributed by atoms with van der Waals surface area (Å²) in [5.74, 6) is 0.485. The zero-order valence-corrected chi connectivity index (χ0v) is 17.9. The van der Waals surface area contributed by atoms with Gasteiger partial charge in [-0.2, -0.15) is 17.9 Å². The fourth-order valence-corrected chi connectivity index (χ4v) is 4.25. The number of hydrogen-bond acceptors (Lipinski definition) is 5. The highest BCUT2D eigenvalue weighted by Gasteiger charge is 2.37. The Morgan fingerprint density at radius 2 is 1.77 bits per heavy atom. The van der Waals surface area contributed by atoms with E-state index in [2.05, 4.69) is 5.32 Å². The molecule has 2 aromatic carbocycles. The number of alkyl halides is 3. The van der Waals surface area contributed by atoms with E-state index in [-0.39, 0.29) is 6.54 Å². The number of nitrogens with one attached hydrogen (secondary N) is 2. The van der Waals surface area contributed by atoms with Crippen molar-refractivity contribution < 1.29 is 35.9 Å². The second kappa shape index (κ2) is 10.0. The molecule has 0 aliphatic carbocycles. The second-order valence-electron chi connectivity index (χ2n) is 6.56. The van der Waals surface area contributed by atoms with Gasteiger partial charge in [0.05, 0.1) is 30.7 Å². The van der Waals surface area contributed by atoms with Crippen molar-refractivity contribution in [3.8, 4) is 11.5 Å². The number of hydrogen-bond donors (Lipinski definition) is 2. The number of amides is 1. The number of carbonyl (C=O) groups is 1. The van der Waals surface area contributed by atoms with Gasteiger partial charge in [-0.3, -0.25) is 4.79 Å². The van der Waals surface area contributed by atoms with Crippen LogP contribution in [0.4, 0.5) is 13.2 Å². The van der Waals surface area contributed by atoms with Gasteiger partial charge >= 0.3 is 6.18 Å². The molecule has 0 bridgehead atoms. The van der Waals surface area contributed by atoms with E-state index in [9.17, 15) is 26.4 Å². The van der Waals surface area contributed by atoms with Crippen LogP contribution in [-0.2, 0) is 27.4 Å². The van der Waals surface area contributed by atoms with Gasteiger partial charge in [-0.05, 0) is 37.1 Å². The molecule has 0 spiro atoms. The van der Waals surface area contributed by atoms with Crippen molar-refractivity contribution in [3.05, 3.63) is 53.6 Å². The maximum Gasteiger partial charge on any atom is 0.417 e. The SMILES string of the molecule is COc1ccc(CCNC(=O)[C@H](C)NS(=O)(=O)c2ccccc2C(F)(F)F)c(OC)c1. The Kier molecular flexibility index (Phi) is 7.91. The summed E-state index contributed by atoms with van der Waals surface area (Å²) in [5.41, 5.74) is -0.516. The molecule has 0 saturated carbocycles. The number of carbonyl (C=O) groups excluding carboxylic acids is 1. The number of sulfonamides is 1. The Morgan fingerprint density at radius 1 is 1.10 bits per heavy atom. The summed E-state index contributed by atoms with van der Waals surface area (Å²) in [6.07, 6.45) is -4.47. The first-order valence-corrected chi connectivity index (χ1v) is 10.6. The molecule has 0 aliphatic heterocycles. The van der Waals surface area contributed by atoms with Crippen molar-refractivity contribution in [1.82, 2.24) is 10.0 Å². The number of rotatable bonds is 9. The monoisotopic (exact) mass is 460 g/mol. The molecule has 1 atom stereocenters. The van der Waals surface area contributed by atoms with Gasteiger partial charge < -0.3 is 14.8 Å². The van der Waals surface area contributed by atoms with E-state index in [1.807, 2.05) is 4.72 Å². The third kappa shape index (κ3) is 6.34. The van der Waals surface area contributed by atoms with Gasteiger partial charge in [0, 0.05) is 12.6 Å². The summed E-state index contributed by atoms with van der Waals surface area (Å²) in [4.78, 5) is 11.3. The van der Waals surface area contributed by atoms with Gasteiger partial charge in [0.15, 0.2) is 0 Å². The fraction of sp³-hybridized carbons (Fsp3) is 0.350. The standard InChI is InChI=1S/C20H23F3N2O5S/c1-13(25-31(27,28)18-7-5-4-6-16(18)20(21,22)23)19(26)24-11-10-14-8-9-15(29-2)12-17(14)30-3/h4-9,12-13,25H,10-11H2,1-3H3,(H,24,26)/t13-/m0/s1. The van der Waals surface area contributed by atoms with Gasteiger partial charge in [0.2, 0.25) is 15.9 Å². The first kappa shape index (κ1) is 24.5. The molecular weight excluding hydrogens is 437 g/mol. The van der Waals surface area contributed by atoms with Crippen LogP contribution < -0.4 is 19.5 Å². The zero-order chi connectivity index (χ0) is 23.2. The summed E-state index contributed by atoms with van der Waals surface area (Å²) in [7, 11) is -1.57. The van der Waals surface area contributed by atoms with Crippen LogP contribution in [0.1, 0.15) is 18.1 Å². The molecule has 2 rings (SSSR count). The molecule has 170 valence electrons. The summed E-state index contributed by atoms with van der Waals surface area (Å²) in [6.45, 7) is 1.41. The Balaban J connectivity index is 2.02. The van der Waals surface area contributed by atoms with E-state index >= 15 is 0 Å². The van der Waals surface area contributed by atoms with Crippen molar-refractivity contribution in [3.63, 3.8) is 0 Å². The second-order valence-corrected chi connectivity index (χ2v) is 8.24. The first-order valence-electron chi connectivity index (χ1n) is 9.16. The topological polar surface area (TPSA) is 93.7 Å². The van der Waals surface area contributed by atoms with E-state index in [4.69, 9.17) is 9.47 Å². The molecule has 0 radical (unpaired) electrons. The molecule has 11 heteroatoms. The molecule has 0 fully saturated rings. The maximum atomic E-state index is 13.1. The van der Waals surface area contributed by atoms with Crippen molar-refractivity contribution in [2.24, 2.45) is 0 Å². The molecule has 7 nitrogen and oxygen atoms in total. The minimum Gasteiger partial charge on any atom is -0.497 e. The quantitative estimate of drug-likeness (QED) is 0.600. The number of benzene rings is 2. The number of ether oxygens (including phenoxy) is 2. The normalized spacial score (nSPS) is 12.8. The lowest BCUT2D eigenvalue weighted by Gasteiger charge is -2.17. The van der Waals surface area contributed by atoms with Crippen molar-refractivity contribution in [2.75, 3.05) is 20.8 Å². The zero-order valence-electron chi connectivity index (χ0n) is 17.1. The van der Waals surface area contributed by atoms with Gasteiger partial charge in [0.25, 0.3) is 0 Å². The van der Waals surface area contributed by atoms with Crippen LogP contribution in [0.25, 0.3) is 0 Å². The van der Waals surface area contributed by atoms with Crippen LogP contribution in [0.2, 0.25) is 0 Å².